The van der Waals surface area contributed by atoms with Gasteiger partial charge in [-0.1, -0.05) is 12.2 Å². The van der Waals surface area contributed by atoms with Crippen LogP contribution in [0, 0.1) is 35.5 Å². The Morgan fingerprint density at radius 3 is 2.67 bits per heavy atom. The molecule has 0 aromatic carbocycles. The van der Waals surface area contributed by atoms with E-state index >= 15 is 0 Å². The smallest absolute Gasteiger partial charge is 0.313 e. The van der Waals surface area contributed by atoms with Gasteiger partial charge in [-0.15, -0.1) is 0 Å². The van der Waals surface area contributed by atoms with Crippen LogP contribution < -0.4 is 0 Å². The molecule has 7 atom stereocenters. The molecule has 0 amide bonds. The molecule has 4 nitrogen and oxygen atoms in total. The first-order valence-electron chi connectivity index (χ1n) is 9.87. The molecule has 0 aromatic rings. The zero-order valence-electron chi connectivity index (χ0n) is 14.1. The number of hydrogen-bond donors (Lipinski definition) is 0. The molecule has 7 unspecified atom stereocenters. The quantitative estimate of drug-likeness (QED) is 0.451. The number of esters is 1. The monoisotopic (exact) mass is 330 g/mol. The third kappa shape index (κ3) is 1.84. The fourth-order valence-electron chi connectivity index (χ4n) is 7.12. The van der Waals surface area contributed by atoms with Crippen molar-refractivity contribution >= 4 is 5.97 Å². The van der Waals surface area contributed by atoms with Crippen LogP contribution in [-0.2, 0) is 19.0 Å². The number of ether oxygens (including phenoxy) is 3. The summed E-state index contributed by atoms with van der Waals surface area (Å²) in [7, 11) is 0. The summed E-state index contributed by atoms with van der Waals surface area (Å²) in [5.41, 5.74) is 0.0244. The molecule has 4 heteroatoms. The molecule has 0 N–H and O–H groups in total. The summed E-state index contributed by atoms with van der Waals surface area (Å²) >= 11 is 0. The summed E-state index contributed by atoms with van der Waals surface area (Å²) in [6.45, 7) is 0.138. The topological polar surface area (TPSA) is 44.8 Å². The van der Waals surface area contributed by atoms with Gasteiger partial charge in [-0.25, -0.2) is 0 Å². The first-order chi connectivity index (χ1) is 11.7. The van der Waals surface area contributed by atoms with Gasteiger partial charge in [0.05, 0.1) is 23.7 Å². The summed E-state index contributed by atoms with van der Waals surface area (Å²) in [6, 6.07) is 0. The number of rotatable bonds is 4. The summed E-state index contributed by atoms with van der Waals surface area (Å²) in [6.07, 6.45) is 13.3. The van der Waals surface area contributed by atoms with Gasteiger partial charge in [0.1, 0.15) is 0 Å². The Morgan fingerprint density at radius 2 is 1.92 bits per heavy atom. The van der Waals surface area contributed by atoms with Crippen molar-refractivity contribution in [3.8, 4) is 0 Å². The maximum Gasteiger partial charge on any atom is 0.313 e. The van der Waals surface area contributed by atoms with Gasteiger partial charge in [0.25, 0.3) is 0 Å². The Morgan fingerprint density at radius 1 is 1.12 bits per heavy atom. The zero-order chi connectivity index (χ0) is 15.9. The van der Waals surface area contributed by atoms with Crippen LogP contribution in [0.25, 0.3) is 0 Å². The van der Waals surface area contributed by atoms with Crippen LogP contribution in [0.15, 0.2) is 12.2 Å². The van der Waals surface area contributed by atoms with E-state index < -0.39 is 0 Å². The molecule has 2 aliphatic heterocycles. The fraction of sp³-hybridized carbons (Fsp3) is 0.850. The van der Waals surface area contributed by atoms with E-state index in [0.29, 0.717) is 23.7 Å². The van der Waals surface area contributed by atoms with Crippen LogP contribution >= 0.6 is 0 Å². The molecule has 130 valence electrons. The predicted molar refractivity (Wildman–Crippen MR) is 85.8 cm³/mol. The van der Waals surface area contributed by atoms with Crippen LogP contribution in [0.4, 0.5) is 0 Å². The van der Waals surface area contributed by atoms with Crippen molar-refractivity contribution in [2.75, 3.05) is 6.79 Å². The van der Waals surface area contributed by atoms with Crippen molar-refractivity contribution in [3.63, 3.8) is 0 Å². The minimum atomic E-state index is -0.0864. The van der Waals surface area contributed by atoms with Crippen LogP contribution in [-0.4, -0.2) is 30.6 Å². The van der Waals surface area contributed by atoms with Gasteiger partial charge in [-0.3, -0.25) is 4.79 Å². The van der Waals surface area contributed by atoms with E-state index in [-0.39, 0.29) is 36.5 Å². The normalized spacial score (nSPS) is 55.5. The summed E-state index contributed by atoms with van der Waals surface area (Å²) < 4.78 is 17.8. The first-order valence-corrected chi connectivity index (χ1v) is 9.87. The van der Waals surface area contributed by atoms with E-state index in [1.165, 1.54) is 25.7 Å². The van der Waals surface area contributed by atoms with Crippen molar-refractivity contribution in [2.45, 2.75) is 62.8 Å². The highest BCUT2D eigenvalue weighted by atomic mass is 16.7. The molecule has 0 aromatic heterocycles. The second-order valence-corrected chi connectivity index (χ2v) is 9.14. The van der Waals surface area contributed by atoms with Crippen molar-refractivity contribution in [1.29, 1.82) is 0 Å². The summed E-state index contributed by atoms with van der Waals surface area (Å²) in [5, 5.41) is 0. The van der Waals surface area contributed by atoms with E-state index in [4.69, 9.17) is 14.2 Å². The largest absolute Gasteiger partial charge is 0.438 e. The molecule has 5 fully saturated rings. The highest BCUT2D eigenvalue weighted by Crippen LogP contribution is 2.61. The van der Waals surface area contributed by atoms with Gasteiger partial charge < -0.3 is 14.2 Å². The molecule has 4 aliphatic carbocycles. The lowest BCUT2D eigenvalue weighted by atomic mass is 9.69. The maximum absolute atomic E-state index is 12.6. The van der Waals surface area contributed by atoms with Gasteiger partial charge >= 0.3 is 5.97 Å². The molecule has 2 saturated heterocycles. The average Bonchev–Trinajstić information content (AvgIpc) is 3.41. The number of fused-ring (bicyclic) bond motifs is 11. The van der Waals surface area contributed by atoms with Crippen molar-refractivity contribution < 1.29 is 19.0 Å². The number of carbonyl (C=O) groups excluding carboxylic acids is 1. The third-order valence-corrected chi connectivity index (χ3v) is 8.15. The van der Waals surface area contributed by atoms with Crippen LogP contribution in [0.5, 0.6) is 0 Å². The van der Waals surface area contributed by atoms with Crippen molar-refractivity contribution in [1.82, 2.24) is 0 Å². The van der Waals surface area contributed by atoms with Crippen LogP contribution in [0.2, 0.25) is 0 Å². The lowest BCUT2D eigenvalue weighted by Gasteiger charge is -2.32. The maximum atomic E-state index is 12.6. The van der Waals surface area contributed by atoms with Gasteiger partial charge in [-0.2, -0.15) is 0 Å². The number of carbonyl (C=O) groups is 1. The average molecular weight is 330 g/mol. The molecule has 2 heterocycles. The predicted octanol–water partition coefficient (Wildman–Crippen LogP) is 3.06. The molecule has 6 rings (SSSR count). The van der Waals surface area contributed by atoms with E-state index in [1.54, 1.807) is 0 Å². The van der Waals surface area contributed by atoms with Crippen LogP contribution in [0.1, 0.15) is 44.9 Å². The second kappa shape index (κ2) is 4.85. The standard InChI is InChI=1S/C20H26O4/c21-19(22-10-23-20-5-3-11(9-20)4-6-20)14-8-15-16-12-1-2-13(7-12)17(16)18(14)24-15/h1-2,11-18H,3-10H2. The molecule has 6 bridgehead atoms. The van der Waals surface area contributed by atoms with E-state index in [0.717, 1.165) is 25.2 Å². The van der Waals surface area contributed by atoms with E-state index in [9.17, 15) is 4.79 Å². The highest BCUT2D eigenvalue weighted by Gasteiger charge is 2.64. The third-order valence-electron chi connectivity index (χ3n) is 8.15. The van der Waals surface area contributed by atoms with Gasteiger partial charge in [0.2, 0.25) is 0 Å². The summed E-state index contributed by atoms with van der Waals surface area (Å²) in [5.74, 6) is 3.25. The van der Waals surface area contributed by atoms with Crippen molar-refractivity contribution in [2.24, 2.45) is 35.5 Å². The number of hydrogen-bond acceptors (Lipinski definition) is 4. The van der Waals surface area contributed by atoms with Gasteiger partial charge in [0, 0.05) is 0 Å². The molecule has 6 aliphatic rings. The fourth-order valence-corrected chi connectivity index (χ4v) is 7.12. The molecule has 3 saturated carbocycles. The Labute approximate surface area is 142 Å². The molecule has 0 spiro atoms. The molecular weight excluding hydrogens is 304 g/mol. The lowest BCUT2D eigenvalue weighted by molar-refractivity contribution is -0.178. The van der Waals surface area contributed by atoms with E-state index in [2.05, 4.69) is 12.2 Å². The Hall–Kier alpha value is -0.870. The van der Waals surface area contributed by atoms with Crippen molar-refractivity contribution in [3.05, 3.63) is 12.2 Å². The molecule has 24 heavy (non-hydrogen) atoms. The Bertz CT molecular complexity index is 590. The van der Waals surface area contributed by atoms with Crippen LogP contribution in [0.3, 0.4) is 0 Å². The summed E-state index contributed by atoms with van der Waals surface area (Å²) in [4.78, 5) is 12.6. The minimum Gasteiger partial charge on any atom is -0.438 e. The Balaban J connectivity index is 1.08. The van der Waals surface area contributed by atoms with E-state index in [1.807, 2.05) is 0 Å². The zero-order valence-corrected chi connectivity index (χ0v) is 14.1. The highest BCUT2D eigenvalue weighted by molar-refractivity contribution is 5.74. The minimum absolute atomic E-state index is 0.0244. The number of allylic oxidation sites excluding steroid dienone is 2. The molecule has 0 radical (unpaired) electrons. The second-order valence-electron chi connectivity index (χ2n) is 9.14. The van der Waals surface area contributed by atoms with Gasteiger partial charge in [-0.05, 0) is 74.5 Å². The first kappa shape index (κ1) is 14.3. The Kier molecular flexibility index (Phi) is 2.89. The lowest BCUT2D eigenvalue weighted by Crippen LogP contribution is -2.40. The SMILES string of the molecule is O=C(OCOC12CCC(CC1)C2)C1CC2OC1C1C3C=CC(C3)C21. The molecular formula is C20H26O4. The van der Waals surface area contributed by atoms with Gasteiger partial charge in [0.15, 0.2) is 6.79 Å².